The lowest BCUT2D eigenvalue weighted by atomic mass is 10.1. The molecular weight excluding hydrogens is 404 g/mol. The number of rotatable bonds is 17. The van der Waals surface area contributed by atoms with Crippen LogP contribution in [0.4, 0.5) is 0 Å². The van der Waals surface area contributed by atoms with E-state index in [0.717, 1.165) is 50.0 Å². The first-order valence-corrected chi connectivity index (χ1v) is 12.0. The van der Waals surface area contributed by atoms with Gasteiger partial charge in [0.15, 0.2) is 0 Å². The molecule has 0 spiro atoms. The Kier molecular flexibility index (Phi) is 13.0. The highest BCUT2D eigenvalue weighted by Crippen LogP contribution is 2.20. The molecule has 2 aromatic carbocycles. The molecule has 0 saturated heterocycles. The number of hydrogen-bond donors (Lipinski definition) is 1. The smallest absolute Gasteiger partial charge is 0.343 e. The summed E-state index contributed by atoms with van der Waals surface area (Å²) in [5.41, 5.74) is 0.484. The zero-order valence-corrected chi connectivity index (χ0v) is 19.4. The zero-order chi connectivity index (χ0) is 22.9. The van der Waals surface area contributed by atoms with Crippen molar-refractivity contribution in [2.45, 2.75) is 71.1 Å². The van der Waals surface area contributed by atoms with Gasteiger partial charge in [0.25, 0.3) is 0 Å². The second-order valence-corrected chi connectivity index (χ2v) is 7.99. The normalized spacial score (nSPS) is 10.7. The molecule has 0 aromatic heterocycles. The van der Waals surface area contributed by atoms with Crippen LogP contribution in [0.25, 0.3) is 0 Å². The van der Waals surface area contributed by atoms with E-state index in [1.54, 1.807) is 36.4 Å². The second kappa shape index (κ2) is 16.2. The topological polar surface area (TPSA) is 65.0 Å². The van der Waals surface area contributed by atoms with Crippen molar-refractivity contribution in [1.29, 1.82) is 0 Å². The molecule has 1 N–H and O–H groups in total. The van der Waals surface area contributed by atoms with Crippen LogP contribution < -0.4 is 14.2 Å². The molecule has 0 saturated carbocycles. The Hall–Kier alpha value is -2.53. The van der Waals surface area contributed by atoms with Crippen LogP contribution in [0.3, 0.4) is 0 Å². The first-order valence-electron chi connectivity index (χ1n) is 12.0. The fraction of sp³-hybridized carbons (Fsp3) is 0.519. The highest BCUT2D eigenvalue weighted by Gasteiger charge is 2.09. The van der Waals surface area contributed by atoms with Crippen LogP contribution in [0.15, 0.2) is 48.5 Å². The van der Waals surface area contributed by atoms with Gasteiger partial charge < -0.3 is 19.3 Å². The number of benzene rings is 2. The van der Waals surface area contributed by atoms with Gasteiger partial charge in [0.1, 0.15) is 17.2 Å². The van der Waals surface area contributed by atoms with Crippen molar-refractivity contribution in [1.82, 2.24) is 0 Å². The number of carbonyl (C=O) groups is 1. The summed E-state index contributed by atoms with van der Waals surface area (Å²) in [6, 6.07) is 14.2. The summed E-state index contributed by atoms with van der Waals surface area (Å²) >= 11 is 0. The van der Waals surface area contributed by atoms with E-state index in [-0.39, 0.29) is 6.61 Å². The van der Waals surface area contributed by atoms with Gasteiger partial charge in [0.2, 0.25) is 0 Å². The summed E-state index contributed by atoms with van der Waals surface area (Å²) in [4.78, 5) is 12.4. The predicted octanol–water partition coefficient (Wildman–Crippen LogP) is 6.58. The molecule has 0 amide bonds. The molecule has 0 radical (unpaired) electrons. The third-order valence-corrected chi connectivity index (χ3v) is 5.21. The van der Waals surface area contributed by atoms with Crippen LogP contribution in [-0.4, -0.2) is 30.9 Å². The summed E-state index contributed by atoms with van der Waals surface area (Å²) in [5.74, 6) is 1.63. The van der Waals surface area contributed by atoms with E-state index in [0.29, 0.717) is 24.5 Å². The maximum Gasteiger partial charge on any atom is 0.343 e. The lowest BCUT2D eigenvalue weighted by Gasteiger charge is -2.09. The molecule has 0 fully saturated rings. The summed E-state index contributed by atoms with van der Waals surface area (Å²) in [7, 11) is 0. The first-order chi connectivity index (χ1) is 15.7. The number of unbranched alkanes of at least 4 members (excludes halogenated alkanes) is 8. The first kappa shape index (κ1) is 25.7. The van der Waals surface area contributed by atoms with E-state index in [9.17, 15) is 4.79 Å². The number of hydrogen-bond acceptors (Lipinski definition) is 5. The van der Waals surface area contributed by atoms with Gasteiger partial charge in [-0.2, -0.15) is 0 Å². The standard InChI is InChI=1S/C27H38O5/c1-2-3-4-10-21-31-25-16-18-26(19-17-25)32-27(29)23-12-14-24(15-13-23)30-22-11-8-6-5-7-9-20-28/h12-19,28H,2-11,20-22H2,1H3. The van der Waals surface area contributed by atoms with Crippen LogP contribution in [0.5, 0.6) is 17.2 Å². The number of aliphatic hydroxyl groups is 1. The minimum absolute atomic E-state index is 0.285. The van der Waals surface area contributed by atoms with Crippen LogP contribution in [-0.2, 0) is 0 Å². The van der Waals surface area contributed by atoms with Gasteiger partial charge in [-0.05, 0) is 67.8 Å². The SMILES string of the molecule is CCCCCCOc1ccc(OC(=O)c2ccc(OCCCCCCCCO)cc2)cc1. The summed E-state index contributed by atoms with van der Waals surface area (Å²) in [6.45, 7) is 3.84. The molecule has 0 heterocycles. The van der Waals surface area contributed by atoms with Crippen LogP contribution in [0.2, 0.25) is 0 Å². The fourth-order valence-corrected chi connectivity index (χ4v) is 3.29. The minimum atomic E-state index is -0.396. The number of aliphatic hydroxyl groups excluding tert-OH is 1. The monoisotopic (exact) mass is 442 g/mol. The third-order valence-electron chi connectivity index (χ3n) is 5.21. The van der Waals surface area contributed by atoms with E-state index in [2.05, 4.69) is 6.92 Å². The molecule has 0 atom stereocenters. The summed E-state index contributed by atoms with van der Waals surface area (Å²) in [6.07, 6.45) is 11.1. The molecule has 2 rings (SSSR count). The highest BCUT2D eigenvalue weighted by atomic mass is 16.5. The summed E-state index contributed by atoms with van der Waals surface area (Å²) in [5, 5.41) is 8.76. The largest absolute Gasteiger partial charge is 0.494 e. The van der Waals surface area contributed by atoms with Crippen molar-refractivity contribution in [2.75, 3.05) is 19.8 Å². The van der Waals surface area contributed by atoms with E-state index in [4.69, 9.17) is 19.3 Å². The van der Waals surface area contributed by atoms with E-state index < -0.39 is 5.97 Å². The average Bonchev–Trinajstić information content (AvgIpc) is 2.82. The quantitative estimate of drug-likeness (QED) is 0.170. The Bertz CT molecular complexity index is 740. The number of ether oxygens (including phenoxy) is 3. The van der Waals surface area contributed by atoms with Gasteiger partial charge >= 0.3 is 5.97 Å². The van der Waals surface area contributed by atoms with E-state index in [1.165, 1.54) is 25.7 Å². The van der Waals surface area contributed by atoms with Crippen molar-refractivity contribution >= 4 is 5.97 Å². The maximum absolute atomic E-state index is 12.4. The average molecular weight is 443 g/mol. The molecule has 2 aromatic rings. The maximum atomic E-state index is 12.4. The lowest BCUT2D eigenvalue weighted by molar-refractivity contribution is 0.0734. The van der Waals surface area contributed by atoms with Gasteiger partial charge in [0, 0.05) is 6.61 Å². The molecule has 5 nitrogen and oxygen atoms in total. The van der Waals surface area contributed by atoms with Crippen LogP contribution >= 0.6 is 0 Å². The fourth-order valence-electron chi connectivity index (χ4n) is 3.29. The molecule has 0 bridgehead atoms. The van der Waals surface area contributed by atoms with Crippen molar-refractivity contribution in [3.05, 3.63) is 54.1 Å². The molecule has 0 aliphatic rings. The van der Waals surface area contributed by atoms with Gasteiger partial charge in [-0.25, -0.2) is 4.79 Å². The molecule has 0 aliphatic heterocycles. The molecule has 0 unspecified atom stereocenters. The van der Waals surface area contributed by atoms with Crippen molar-refractivity contribution < 1.29 is 24.1 Å². The Labute approximate surface area is 192 Å². The molecule has 0 aliphatic carbocycles. The predicted molar refractivity (Wildman–Crippen MR) is 128 cm³/mol. The highest BCUT2D eigenvalue weighted by molar-refractivity contribution is 5.91. The molecule has 32 heavy (non-hydrogen) atoms. The van der Waals surface area contributed by atoms with Crippen molar-refractivity contribution in [3.8, 4) is 17.2 Å². The van der Waals surface area contributed by atoms with Crippen molar-refractivity contribution in [3.63, 3.8) is 0 Å². The Morgan fingerprint density at radius 2 is 1.12 bits per heavy atom. The minimum Gasteiger partial charge on any atom is -0.494 e. The number of carbonyl (C=O) groups excluding carboxylic acids is 1. The Balaban J connectivity index is 1.66. The van der Waals surface area contributed by atoms with Gasteiger partial charge in [-0.3, -0.25) is 0 Å². The van der Waals surface area contributed by atoms with Gasteiger partial charge in [-0.15, -0.1) is 0 Å². The van der Waals surface area contributed by atoms with Crippen LogP contribution in [0.1, 0.15) is 81.5 Å². The molecule has 5 heteroatoms. The van der Waals surface area contributed by atoms with Gasteiger partial charge in [-0.1, -0.05) is 51.9 Å². The Morgan fingerprint density at radius 3 is 1.69 bits per heavy atom. The zero-order valence-electron chi connectivity index (χ0n) is 19.4. The lowest BCUT2D eigenvalue weighted by Crippen LogP contribution is -2.08. The van der Waals surface area contributed by atoms with E-state index in [1.807, 2.05) is 12.1 Å². The third kappa shape index (κ3) is 10.7. The molecular formula is C27H38O5. The number of esters is 1. The van der Waals surface area contributed by atoms with Crippen LogP contribution in [0, 0.1) is 0 Å². The van der Waals surface area contributed by atoms with Crippen molar-refractivity contribution in [2.24, 2.45) is 0 Å². The summed E-state index contributed by atoms with van der Waals surface area (Å²) < 4.78 is 16.9. The molecule has 176 valence electrons. The Morgan fingerprint density at radius 1 is 0.656 bits per heavy atom. The van der Waals surface area contributed by atoms with E-state index >= 15 is 0 Å². The second-order valence-electron chi connectivity index (χ2n) is 7.99. The van der Waals surface area contributed by atoms with Gasteiger partial charge in [0.05, 0.1) is 18.8 Å².